The number of rotatable bonds is 6. The topological polar surface area (TPSA) is 71.5 Å². The molecule has 1 heterocycles. The van der Waals surface area contributed by atoms with Crippen LogP contribution in [0, 0.1) is 0 Å². The molecule has 104 valence electrons. The molecular weight excluding hydrogens is 258 g/mol. The number of hydrogen-bond donors (Lipinski definition) is 0. The van der Waals surface area contributed by atoms with Gasteiger partial charge in [-0.15, -0.1) is 0 Å². The van der Waals surface area contributed by atoms with Crippen molar-refractivity contribution in [2.24, 2.45) is 0 Å². The van der Waals surface area contributed by atoms with Crippen LogP contribution in [-0.2, 0) is 9.59 Å². The Kier molecular flexibility index (Phi) is 4.08. The van der Waals surface area contributed by atoms with E-state index in [0.29, 0.717) is 17.5 Å². The summed E-state index contributed by atoms with van der Waals surface area (Å²) in [5, 5.41) is 0. The van der Waals surface area contributed by atoms with Crippen molar-refractivity contribution in [3.05, 3.63) is 35.4 Å². The molecule has 20 heavy (non-hydrogen) atoms. The van der Waals surface area contributed by atoms with E-state index in [0.717, 1.165) is 4.90 Å². The van der Waals surface area contributed by atoms with Gasteiger partial charge in [0.05, 0.1) is 17.7 Å². The molecule has 0 aromatic heterocycles. The molecule has 0 saturated heterocycles. The number of amides is 2. The van der Waals surface area contributed by atoms with E-state index >= 15 is 0 Å². The van der Waals surface area contributed by atoms with Crippen molar-refractivity contribution in [2.75, 3.05) is 6.54 Å². The number of Topliss-reactive ketones (excluding diaryl/α,β-unsaturated/α-hetero) is 2. The molecule has 0 saturated carbocycles. The molecule has 5 heteroatoms. The van der Waals surface area contributed by atoms with Crippen molar-refractivity contribution >= 4 is 23.4 Å². The maximum absolute atomic E-state index is 12.0. The molecule has 0 aliphatic carbocycles. The van der Waals surface area contributed by atoms with Crippen molar-refractivity contribution in [1.82, 2.24) is 4.90 Å². The first-order chi connectivity index (χ1) is 9.54. The van der Waals surface area contributed by atoms with Crippen molar-refractivity contribution < 1.29 is 19.2 Å². The van der Waals surface area contributed by atoms with E-state index in [1.165, 1.54) is 0 Å². The molecule has 2 amide bonds. The Morgan fingerprint density at radius 3 is 1.95 bits per heavy atom. The average molecular weight is 273 g/mol. The van der Waals surface area contributed by atoms with Crippen molar-refractivity contribution in [3.63, 3.8) is 0 Å². The van der Waals surface area contributed by atoms with Gasteiger partial charge in [0.2, 0.25) is 0 Å². The van der Waals surface area contributed by atoms with Gasteiger partial charge in [-0.1, -0.05) is 19.1 Å². The Balaban J connectivity index is 2.02. The van der Waals surface area contributed by atoms with Crippen LogP contribution in [0.5, 0.6) is 0 Å². The number of benzene rings is 1. The van der Waals surface area contributed by atoms with Crippen LogP contribution in [0.2, 0.25) is 0 Å². The van der Waals surface area contributed by atoms with Crippen LogP contribution in [0.3, 0.4) is 0 Å². The lowest BCUT2D eigenvalue weighted by molar-refractivity contribution is -0.124. The summed E-state index contributed by atoms with van der Waals surface area (Å²) < 4.78 is 0. The van der Waals surface area contributed by atoms with Gasteiger partial charge in [0.15, 0.2) is 5.78 Å². The Labute approximate surface area is 116 Å². The summed E-state index contributed by atoms with van der Waals surface area (Å²) in [6, 6.07) is 6.49. The SMILES string of the molecule is CCC(=O)CCC(=O)CN1C(=O)c2ccccc2C1=O. The first kappa shape index (κ1) is 14.1. The fraction of sp³-hybridized carbons (Fsp3) is 0.333. The maximum atomic E-state index is 12.0. The molecule has 1 aromatic carbocycles. The van der Waals surface area contributed by atoms with Gasteiger partial charge in [0.1, 0.15) is 5.78 Å². The lowest BCUT2D eigenvalue weighted by Crippen LogP contribution is -2.34. The van der Waals surface area contributed by atoms with Gasteiger partial charge < -0.3 is 0 Å². The second kappa shape index (κ2) is 5.77. The summed E-state index contributed by atoms with van der Waals surface area (Å²) in [6.45, 7) is 1.47. The second-order valence-electron chi connectivity index (χ2n) is 4.67. The lowest BCUT2D eigenvalue weighted by atomic mass is 10.1. The third-order valence-corrected chi connectivity index (χ3v) is 3.29. The van der Waals surface area contributed by atoms with Crippen LogP contribution in [0.4, 0.5) is 0 Å². The van der Waals surface area contributed by atoms with Crippen molar-refractivity contribution in [1.29, 1.82) is 0 Å². The molecule has 0 bridgehead atoms. The number of nitrogens with zero attached hydrogens (tertiary/aromatic N) is 1. The Morgan fingerprint density at radius 1 is 0.950 bits per heavy atom. The van der Waals surface area contributed by atoms with Crippen LogP contribution >= 0.6 is 0 Å². The van der Waals surface area contributed by atoms with Crippen LogP contribution in [-0.4, -0.2) is 34.8 Å². The summed E-state index contributed by atoms with van der Waals surface area (Å²) >= 11 is 0. The van der Waals surface area contributed by atoms with Gasteiger partial charge in [-0.05, 0) is 12.1 Å². The fourth-order valence-electron chi connectivity index (χ4n) is 2.09. The summed E-state index contributed by atoms with van der Waals surface area (Å²) in [4.78, 5) is 47.9. The number of carbonyl (C=O) groups is 4. The smallest absolute Gasteiger partial charge is 0.261 e. The fourth-order valence-corrected chi connectivity index (χ4v) is 2.09. The zero-order chi connectivity index (χ0) is 14.7. The predicted octanol–water partition coefficient (Wildman–Crippen LogP) is 1.61. The Hall–Kier alpha value is -2.30. The number of carbonyl (C=O) groups excluding carboxylic acids is 4. The number of fused-ring (bicyclic) bond motifs is 1. The van der Waals surface area contributed by atoms with Gasteiger partial charge in [0.25, 0.3) is 11.8 Å². The monoisotopic (exact) mass is 273 g/mol. The first-order valence-corrected chi connectivity index (χ1v) is 6.53. The molecule has 0 atom stereocenters. The third-order valence-electron chi connectivity index (χ3n) is 3.29. The van der Waals surface area contributed by atoms with Crippen molar-refractivity contribution in [3.8, 4) is 0 Å². The van der Waals surface area contributed by atoms with Crippen LogP contribution in [0.1, 0.15) is 46.9 Å². The molecule has 1 aromatic rings. The van der Waals surface area contributed by atoms with Crippen LogP contribution in [0.25, 0.3) is 0 Å². The molecule has 0 radical (unpaired) electrons. The number of imide groups is 1. The maximum Gasteiger partial charge on any atom is 0.261 e. The molecule has 0 spiro atoms. The highest BCUT2D eigenvalue weighted by molar-refractivity contribution is 6.22. The van der Waals surface area contributed by atoms with E-state index in [-0.39, 0.29) is 31.0 Å². The Morgan fingerprint density at radius 2 is 1.45 bits per heavy atom. The zero-order valence-corrected chi connectivity index (χ0v) is 11.2. The third kappa shape index (κ3) is 2.66. The first-order valence-electron chi connectivity index (χ1n) is 6.53. The van der Waals surface area contributed by atoms with Crippen LogP contribution in [0.15, 0.2) is 24.3 Å². The van der Waals surface area contributed by atoms with E-state index < -0.39 is 11.8 Å². The lowest BCUT2D eigenvalue weighted by Gasteiger charge is -2.12. The highest BCUT2D eigenvalue weighted by atomic mass is 16.2. The van der Waals surface area contributed by atoms with E-state index in [1.54, 1.807) is 31.2 Å². The number of ketones is 2. The molecule has 0 N–H and O–H groups in total. The standard InChI is InChI=1S/C15H15NO4/c1-2-10(17)7-8-11(18)9-16-14(19)12-5-3-4-6-13(12)15(16)20/h3-6H,2,7-9H2,1H3. The highest BCUT2D eigenvalue weighted by Crippen LogP contribution is 2.22. The normalized spacial score (nSPS) is 13.6. The molecular formula is C15H15NO4. The van der Waals surface area contributed by atoms with Crippen LogP contribution < -0.4 is 0 Å². The molecule has 1 aliphatic heterocycles. The highest BCUT2D eigenvalue weighted by Gasteiger charge is 2.35. The minimum absolute atomic E-state index is 0.000658. The summed E-state index contributed by atoms with van der Waals surface area (Å²) in [5.41, 5.74) is 0.657. The summed E-state index contributed by atoms with van der Waals surface area (Å²) in [5.74, 6) is -1.16. The van der Waals surface area contributed by atoms with Gasteiger partial charge in [-0.2, -0.15) is 0 Å². The van der Waals surface area contributed by atoms with Crippen molar-refractivity contribution in [2.45, 2.75) is 26.2 Å². The molecule has 2 rings (SSSR count). The minimum Gasteiger partial charge on any atom is -0.300 e. The van der Waals surface area contributed by atoms with Gasteiger partial charge >= 0.3 is 0 Å². The quantitative estimate of drug-likeness (QED) is 0.738. The minimum atomic E-state index is -0.444. The average Bonchev–Trinajstić information content (AvgIpc) is 2.70. The summed E-state index contributed by atoms with van der Waals surface area (Å²) in [6.07, 6.45) is 0.624. The largest absolute Gasteiger partial charge is 0.300 e. The Bertz CT molecular complexity index is 556. The number of hydrogen-bond acceptors (Lipinski definition) is 4. The van der Waals surface area contributed by atoms with Gasteiger partial charge in [-0.3, -0.25) is 24.1 Å². The van der Waals surface area contributed by atoms with E-state index in [4.69, 9.17) is 0 Å². The molecule has 5 nitrogen and oxygen atoms in total. The predicted molar refractivity (Wildman–Crippen MR) is 71.3 cm³/mol. The van der Waals surface area contributed by atoms with E-state index in [9.17, 15) is 19.2 Å². The summed E-state index contributed by atoms with van der Waals surface area (Å²) in [7, 11) is 0. The van der Waals surface area contributed by atoms with Gasteiger partial charge in [-0.25, -0.2) is 0 Å². The molecule has 0 fully saturated rings. The van der Waals surface area contributed by atoms with E-state index in [2.05, 4.69) is 0 Å². The second-order valence-corrected chi connectivity index (χ2v) is 4.67. The zero-order valence-electron chi connectivity index (χ0n) is 11.2. The molecule has 1 aliphatic rings. The van der Waals surface area contributed by atoms with E-state index in [1.807, 2.05) is 0 Å². The molecule has 0 unspecified atom stereocenters. The van der Waals surface area contributed by atoms with Gasteiger partial charge in [0, 0.05) is 19.3 Å².